The Kier molecular flexibility index (Phi) is 5.17. The van der Waals surface area contributed by atoms with Crippen molar-refractivity contribution in [2.24, 2.45) is 0 Å². The number of carbonyl (C=O) groups is 2. The second-order valence-corrected chi connectivity index (χ2v) is 4.11. The molecular formula is C13H19N3O3. The molecule has 0 spiro atoms. The fourth-order valence-electron chi connectivity index (χ4n) is 1.59. The van der Waals surface area contributed by atoms with E-state index in [1.807, 2.05) is 11.9 Å². The van der Waals surface area contributed by atoms with E-state index >= 15 is 0 Å². The van der Waals surface area contributed by atoms with Crippen LogP contribution in [0.15, 0.2) is 18.2 Å². The van der Waals surface area contributed by atoms with Crippen molar-refractivity contribution in [1.82, 2.24) is 5.32 Å². The molecule has 6 heteroatoms. The van der Waals surface area contributed by atoms with Gasteiger partial charge < -0.3 is 20.7 Å². The molecule has 1 rings (SSSR count). The Morgan fingerprint density at radius 2 is 2.11 bits per heavy atom. The number of amides is 1. The van der Waals surface area contributed by atoms with Crippen LogP contribution in [-0.4, -0.2) is 39.6 Å². The first-order chi connectivity index (χ1) is 8.99. The molecule has 0 fully saturated rings. The van der Waals surface area contributed by atoms with Crippen molar-refractivity contribution >= 4 is 23.3 Å². The Hall–Kier alpha value is -2.24. The molecule has 0 unspecified atom stereocenters. The molecule has 0 radical (unpaired) electrons. The number of rotatable bonds is 5. The van der Waals surface area contributed by atoms with Gasteiger partial charge in [0.25, 0.3) is 0 Å². The number of methoxy groups -OCH3 is 1. The highest BCUT2D eigenvalue weighted by atomic mass is 16.5. The van der Waals surface area contributed by atoms with Crippen molar-refractivity contribution < 1.29 is 14.3 Å². The van der Waals surface area contributed by atoms with Gasteiger partial charge in [-0.2, -0.15) is 0 Å². The van der Waals surface area contributed by atoms with E-state index in [1.165, 1.54) is 7.11 Å². The van der Waals surface area contributed by atoms with Crippen LogP contribution in [0.5, 0.6) is 0 Å². The summed E-state index contributed by atoms with van der Waals surface area (Å²) in [6.07, 6.45) is 0.380. The molecule has 3 N–H and O–H groups in total. The number of anilines is 2. The van der Waals surface area contributed by atoms with Gasteiger partial charge >= 0.3 is 5.97 Å². The number of nitrogens with zero attached hydrogens (tertiary/aromatic N) is 1. The summed E-state index contributed by atoms with van der Waals surface area (Å²) >= 11 is 0. The summed E-state index contributed by atoms with van der Waals surface area (Å²) in [7, 11) is 4.75. The maximum absolute atomic E-state index is 11.5. The number of hydrogen-bond acceptors (Lipinski definition) is 5. The molecule has 0 aliphatic rings. The average molecular weight is 265 g/mol. The van der Waals surface area contributed by atoms with Crippen molar-refractivity contribution in [1.29, 1.82) is 0 Å². The highest BCUT2D eigenvalue weighted by molar-refractivity contribution is 5.96. The number of benzene rings is 1. The molecule has 0 bridgehead atoms. The number of nitrogen functional groups attached to an aromatic ring is 1. The van der Waals surface area contributed by atoms with Crippen molar-refractivity contribution in [3.05, 3.63) is 23.8 Å². The van der Waals surface area contributed by atoms with Crippen LogP contribution < -0.4 is 16.0 Å². The van der Waals surface area contributed by atoms with Gasteiger partial charge in [0.15, 0.2) is 0 Å². The van der Waals surface area contributed by atoms with Gasteiger partial charge in [-0.15, -0.1) is 0 Å². The molecule has 0 aromatic heterocycles. The molecule has 0 atom stereocenters. The third kappa shape index (κ3) is 3.87. The zero-order chi connectivity index (χ0) is 14.4. The first kappa shape index (κ1) is 14.8. The van der Waals surface area contributed by atoms with Crippen molar-refractivity contribution in [2.75, 3.05) is 38.4 Å². The smallest absolute Gasteiger partial charge is 0.340 e. The first-order valence-corrected chi connectivity index (χ1v) is 5.89. The summed E-state index contributed by atoms with van der Waals surface area (Å²) < 4.78 is 4.67. The minimum atomic E-state index is -0.473. The van der Waals surface area contributed by atoms with E-state index in [4.69, 9.17) is 5.73 Å². The van der Waals surface area contributed by atoms with E-state index in [9.17, 15) is 9.59 Å². The Morgan fingerprint density at radius 3 is 2.68 bits per heavy atom. The maximum Gasteiger partial charge on any atom is 0.340 e. The summed E-state index contributed by atoms with van der Waals surface area (Å²) in [4.78, 5) is 24.6. The Labute approximate surface area is 112 Å². The first-order valence-electron chi connectivity index (χ1n) is 5.89. The van der Waals surface area contributed by atoms with Crippen molar-refractivity contribution in [2.45, 2.75) is 6.42 Å². The molecule has 0 aliphatic carbocycles. The van der Waals surface area contributed by atoms with E-state index < -0.39 is 5.97 Å². The molecule has 1 aromatic rings. The molecule has 1 aromatic carbocycles. The summed E-state index contributed by atoms with van der Waals surface area (Å²) in [5, 5.41) is 2.56. The van der Waals surface area contributed by atoms with Crippen LogP contribution in [-0.2, 0) is 9.53 Å². The summed E-state index contributed by atoms with van der Waals surface area (Å²) in [6.45, 7) is 0.546. The lowest BCUT2D eigenvalue weighted by molar-refractivity contribution is -0.120. The van der Waals surface area contributed by atoms with Gasteiger partial charge in [-0.3, -0.25) is 4.79 Å². The van der Waals surface area contributed by atoms with Gasteiger partial charge in [-0.25, -0.2) is 4.79 Å². The van der Waals surface area contributed by atoms with Crippen molar-refractivity contribution in [3.63, 3.8) is 0 Å². The predicted molar refractivity (Wildman–Crippen MR) is 74.1 cm³/mol. The van der Waals surface area contributed by atoms with Crippen LogP contribution in [0.2, 0.25) is 0 Å². The van der Waals surface area contributed by atoms with Crippen LogP contribution >= 0.6 is 0 Å². The molecule has 0 heterocycles. The number of carbonyl (C=O) groups excluding carboxylic acids is 2. The topological polar surface area (TPSA) is 84.7 Å². The van der Waals surface area contributed by atoms with Crippen LogP contribution in [0.4, 0.5) is 11.4 Å². The highest BCUT2D eigenvalue weighted by Gasteiger charge is 2.12. The Bertz CT molecular complexity index is 474. The van der Waals surface area contributed by atoms with Crippen LogP contribution in [0.1, 0.15) is 16.8 Å². The van der Waals surface area contributed by atoms with Gasteiger partial charge in [0.05, 0.1) is 12.7 Å². The number of hydrogen-bond donors (Lipinski definition) is 2. The Morgan fingerprint density at radius 1 is 1.42 bits per heavy atom. The second kappa shape index (κ2) is 6.63. The molecule has 19 heavy (non-hydrogen) atoms. The van der Waals surface area contributed by atoms with E-state index in [-0.39, 0.29) is 5.91 Å². The Balaban J connectivity index is 2.83. The fraction of sp³-hybridized carbons (Fsp3) is 0.385. The normalized spacial score (nSPS) is 9.84. The molecule has 0 saturated heterocycles. The molecule has 1 amide bonds. The van der Waals surface area contributed by atoms with Crippen LogP contribution in [0.3, 0.4) is 0 Å². The summed E-state index contributed by atoms with van der Waals surface area (Å²) in [5.41, 5.74) is 7.23. The van der Waals surface area contributed by atoms with Crippen molar-refractivity contribution in [3.8, 4) is 0 Å². The molecule has 6 nitrogen and oxygen atoms in total. The monoisotopic (exact) mass is 265 g/mol. The predicted octanol–water partition coefficient (Wildman–Crippen LogP) is 0.628. The number of nitrogens with one attached hydrogen (secondary N) is 1. The van der Waals surface area contributed by atoms with Gasteiger partial charge in [-0.05, 0) is 18.2 Å². The average Bonchev–Trinajstić information content (AvgIpc) is 2.43. The van der Waals surface area contributed by atoms with E-state index in [0.717, 1.165) is 5.69 Å². The maximum atomic E-state index is 11.5. The van der Waals surface area contributed by atoms with Gasteiger partial charge in [0.2, 0.25) is 5.91 Å². The third-order valence-corrected chi connectivity index (χ3v) is 2.84. The lowest BCUT2D eigenvalue weighted by Gasteiger charge is -2.20. The summed E-state index contributed by atoms with van der Waals surface area (Å²) in [6, 6.07) is 5.11. The number of nitrogens with two attached hydrogens (primary N) is 1. The van der Waals surface area contributed by atoms with Gasteiger partial charge in [0.1, 0.15) is 0 Å². The molecule has 0 aliphatic heterocycles. The van der Waals surface area contributed by atoms with Crippen LogP contribution in [0.25, 0.3) is 0 Å². The number of esters is 1. The fourth-order valence-corrected chi connectivity index (χ4v) is 1.59. The zero-order valence-electron chi connectivity index (χ0n) is 11.4. The second-order valence-electron chi connectivity index (χ2n) is 4.11. The molecule has 104 valence electrons. The summed E-state index contributed by atoms with van der Waals surface area (Å²) in [5.74, 6) is -0.505. The van der Waals surface area contributed by atoms with Gasteiger partial charge in [-0.1, -0.05) is 0 Å². The lowest BCUT2D eigenvalue weighted by Crippen LogP contribution is -2.26. The standard InChI is InChI=1S/C13H19N3O3/c1-15-12(17)6-7-16(2)9-4-5-11(14)10(8-9)13(18)19-3/h4-5,8H,6-7,14H2,1-3H3,(H,15,17). The third-order valence-electron chi connectivity index (χ3n) is 2.84. The quantitative estimate of drug-likeness (QED) is 0.602. The largest absolute Gasteiger partial charge is 0.465 e. The van der Waals surface area contributed by atoms with Crippen LogP contribution in [0, 0.1) is 0 Å². The molecule has 0 saturated carbocycles. The van der Waals surface area contributed by atoms with E-state index in [1.54, 1.807) is 25.2 Å². The minimum Gasteiger partial charge on any atom is -0.465 e. The van der Waals surface area contributed by atoms with Gasteiger partial charge in [0, 0.05) is 38.4 Å². The van der Waals surface area contributed by atoms with E-state index in [0.29, 0.717) is 24.2 Å². The SMILES string of the molecule is CNC(=O)CCN(C)c1ccc(N)c(C(=O)OC)c1. The lowest BCUT2D eigenvalue weighted by atomic mass is 10.1. The van der Waals surface area contributed by atoms with E-state index in [2.05, 4.69) is 10.1 Å². The number of ether oxygens (including phenoxy) is 1. The molecular weight excluding hydrogens is 246 g/mol. The minimum absolute atomic E-state index is 0.0320. The highest BCUT2D eigenvalue weighted by Crippen LogP contribution is 2.21. The zero-order valence-corrected chi connectivity index (χ0v) is 11.4.